The number of aryl methyl sites for hydroxylation is 1. The van der Waals surface area contributed by atoms with Crippen molar-refractivity contribution in [2.24, 2.45) is 0 Å². The molecule has 1 aromatic rings. The lowest BCUT2D eigenvalue weighted by molar-refractivity contribution is 0.382. The van der Waals surface area contributed by atoms with Crippen molar-refractivity contribution in [1.29, 1.82) is 5.41 Å². The van der Waals surface area contributed by atoms with Gasteiger partial charge in [0.05, 0.1) is 0 Å². The maximum atomic E-state index is 7.78. The molecule has 1 unspecified atom stereocenters. The molecule has 2 N–H and O–H groups in total. The third-order valence-corrected chi connectivity index (χ3v) is 3.18. The topological polar surface area (TPSA) is 48.8 Å². The van der Waals surface area contributed by atoms with Gasteiger partial charge in [0.1, 0.15) is 5.49 Å². The lowest BCUT2D eigenvalue weighted by Gasteiger charge is -2.23. The molecule has 0 spiro atoms. The molecule has 0 saturated carbocycles. The van der Waals surface area contributed by atoms with Crippen LogP contribution in [0.25, 0.3) is 0 Å². The number of nitrogens with one attached hydrogen (secondary N) is 2. The molecule has 1 aliphatic heterocycles. The average Bonchev–Trinajstić information content (AvgIpc) is 2.53. The molecule has 3 nitrogen and oxygen atoms in total. The van der Waals surface area contributed by atoms with E-state index < -0.39 is 0 Å². The van der Waals surface area contributed by atoms with Crippen LogP contribution >= 0.6 is 0 Å². The predicted molar refractivity (Wildman–Crippen MR) is 64.1 cm³/mol. The number of piperidine rings is 1. The number of aromatic nitrogens is 1. The molecule has 1 aromatic heterocycles. The van der Waals surface area contributed by atoms with Gasteiger partial charge in [-0.2, -0.15) is 0 Å². The largest absolute Gasteiger partial charge is 0.314 e. The van der Waals surface area contributed by atoms with Crippen molar-refractivity contribution in [3.8, 4) is 0 Å². The van der Waals surface area contributed by atoms with E-state index in [1.807, 2.05) is 18.2 Å². The Morgan fingerprint density at radius 3 is 3.12 bits per heavy atom. The van der Waals surface area contributed by atoms with Crippen LogP contribution in [0.3, 0.4) is 0 Å². The van der Waals surface area contributed by atoms with Crippen LogP contribution < -0.4 is 10.8 Å². The average molecular weight is 217 g/mol. The van der Waals surface area contributed by atoms with E-state index in [0.717, 1.165) is 24.9 Å². The zero-order valence-electron chi connectivity index (χ0n) is 9.58. The Labute approximate surface area is 96.4 Å². The number of hydrogen-bond donors (Lipinski definition) is 2. The van der Waals surface area contributed by atoms with E-state index >= 15 is 0 Å². The summed E-state index contributed by atoms with van der Waals surface area (Å²) >= 11 is 0. The summed E-state index contributed by atoms with van der Waals surface area (Å²) in [6.45, 7) is 1.15. The first kappa shape index (κ1) is 11.3. The Balaban J connectivity index is 1.94. The Bertz CT molecular complexity index is 383. The second-order valence-electron chi connectivity index (χ2n) is 4.39. The Morgan fingerprint density at radius 2 is 2.31 bits per heavy atom. The minimum atomic E-state index is 0.417. The molecule has 0 aromatic carbocycles. The van der Waals surface area contributed by atoms with Crippen LogP contribution in [0.15, 0.2) is 24.4 Å². The SMILES string of the molecule is N=c1nccccc1CCC1CCCCN1. The van der Waals surface area contributed by atoms with Gasteiger partial charge in [0, 0.05) is 12.2 Å². The first-order valence-electron chi connectivity index (χ1n) is 6.08. The van der Waals surface area contributed by atoms with Gasteiger partial charge >= 0.3 is 0 Å². The molecule has 0 radical (unpaired) electrons. The summed E-state index contributed by atoms with van der Waals surface area (Å²) in [5.74, 6) is 0. The fourth-order valence-corrected chi connectivity index (χ4v) is 2.20. The van der Waals surface area contributed by atoms with Crippen LogP contribution in [-0.2, 0) is 6.42 Å². The molecule has 1 aliphatic rings. The summed E-state index contributed by atoms with van der Waals surface area (Å²) in [4.78, 5) is 4.05. The predicted octanol–water partition coefficient (Wildman–Crippen LogP) is 1.64. The third kappa shape index (κ3) is 3.14. The van der Waals surface area contributed by atoms with Crippen LogP contribution in [-0.4, -0.2) is 17.6 Å². The summed E-state index contributed by atoms with van der Waals surface area (Å²) in [7, 11) is 0. The normalized spacial score (nSPS) is 20.6. The molecule has 0 aliphatic carbocycles. The number of nitrogens with zero attached hydrogens (tertiary/aromatic N) is 1. The fraction of sp³-hybridized carbons (Fsp3) is 0.538. The lowest BCUT2D eigenvalue weighted by atomic mass is 9.99. The van der Waals surface area contributed by atoms with E-state index in [4.69, 9.17) is 5.41 Å². The second kappa shape index (κ2) is 5.75. The van der Waals surface area contributed by atoms with Crippen molar-refractivity contribution in [3.05, 3.63) is 35.4 Å². The maximum absolute atomic E-state index is 7.78. The molecule has 2 heterocycles. The van der Waals surface area contributed by atoms with Gasteiger partial charge in [0.2, 0.25) is 0 Å². The summed E-state index contributed by atoms with van der Waals surface area (Å²) in [6.07, 6.45) is 7.69. The Kier molecular flexibility index (Phi) is 4.05. The van der Waals surface area contributed by atoms with E-state index in [0.29, 0.717) is 11.5 Å². The minimum absolute atomic E-state index is 0.417. The van der Waals surface area contributed by atoms with Gasteiger partial charge in [-0.25, -0.2) is 4.98 Å². The highest BCUT2D eigenvalue weighted by atomic mass is 14.9. The maximum Gasteiger partial charge on any atom is 0.147 e. The van der Waals surface area contributed by atoms with E-state index in [1.165, 1.54) is 19.3 Å². The molecule has 1 fully saturated rings. The summed E-state index contributed by atoms with van der Waals surface area (Å²) < 4.78 is 0. The molecule has 1 saturated heterocycles. The fourth-order valence-electron chi connectivity index (χ4n) is 2.20. The molecule has 3 heteroatoms. The van der Waals surface area contributed by atoms with E-state index in [2.05, 4.69) is 10.3 Å². The van der Waals surface area contributed by atoms with Gasteiger partial charge in [-0.15, -0.1) is 0 Å². The van der Waals surface area contributed by atoms with Crippen molar-refractivity contribution in [2.45, 2.75) is 38.1 Å². The van der Waals surface area contributed by atoms with Gasteiger partial charge in [0.15, 0.2) is 0 Å². The molecule has 1 atom stereocenters. The molecule has 0 amide bonds. The monoisotopic (exact) mass is 217 g/mol. The van der Waals surface area contributed by atoms with Crippen molar-refractivity contribution < 1.29 is 0 Å². The van der Waals surface area contributed by atoms with Gasteiger partial charge in [-0.1, -0.05) is 18.6 Å². The smallest absolute Gasteiger partial charge is 0.147 e. The Morgan fingerprint density at radius 1 is 1.38 bits per heavy atom. The van der Waals surface area contributed by atoms with E-state index in [9.17, 15) is 0 Å². The quantitative estimate of drug-likeness (QED) is 0.808. The Hall–Kier alpha value is -1.22. The molecule has 0 bridgehead atoms. The first-order chi connectivity index (χ1) is 7.86. The van der Waals surface area contributed by atoms with E-state index in [1.54, 1.807) is 6.20 Å². The van der Waals surface area contributed by atoms with Crippen molar-refractivity contribution >= 4 is 0 Å². The van der Waals surface area contributed by atoms with Crippen LogP contribution in [0.1, 0.15) is 31.2 Å². The highest BCUT2D eigenvalue weighted by Gasteiger charge is 2.12. The summed E-state index contributed by atoms with van der Waals surface area (Å²) in [5.41, 5.74) is 1.47. The minimum Gasteiger partial charge on any atom is -0.314 e. The molecule has 16 heavy (non-hydrogen) atoms. The molecular weight excluding hydrogens is 198 g/mol. The van der Waals surface area contributed by atoms with Gasteiger partial charge in [-0.3, -0.25) is 5.41 Å². The zero-order chi connectivity index (χ0) is 11.2. The molecule has 2 rings (SSSR count). The van der Waals surface area contributed by atoms with Crippen LogP contribution in [0.2, 0.25) is 0 Å². The van der Waals surface area contributed by atoms with Gasteiger partial charge < -0.3 is 5.32 Å². The van der Waals surface area contributed by atoms with E-state index in [-0.39, 0.29) is 0 Å². The van der Waals surface area contributed by atoms with Crippen molar-refractivity contribution in [1.82, 2.24) is 10.3 Å². The third-order valence-electron chi connectivity index (χ3n) is 3.18. The van der Waals surface area contributed by atoms with Crippen LogP contribution in [0.4, 0.5) is 0 Å². The standard InChI is InChI=1S/C13H19N3/c14-13-11(5-1-3-10-16-13)7-8-12-6-2-4-9-15-12/h1,3,5,10,12,14-15H,2,4,6-9H2. The van der Waals surface area contributed by atoms with Gasteiger partial charge in [-0.05, 0) is 43.9 Å². The highest BCUT2D eigenvalue weighted by molar-refractivity contribution is 5.07. The highest BCUT2D eigenvalue weighted by Crippen LogP contribution is 2.11. The number of hydrogen-bond acceptors (Lipinski definition) is 3. The second-order valence-corrected chi connectivity index (χ2v) is 4.39. The first-order valence-corrected chi connectivity index (χ1v) is 6.08. The summed E-state index contributed by atoms with van der Waals surface area (Å²) in [6, 6.07) is 6.49. The van der Waals surface area contributed by atoms with Crippen LogP contribution in [0, 0.1) is 5.41 Å². The lowest BCUT2D eigenvalue weighted by Crippen LogP contribution is -2.34. The van der Waals surface area contributed by atoms with Crippen molar-refractivity contribution in [3.63, 3.8) is 0 Å². The van der Waals surface area contributed by atoms with Crippen molar-refractivity contribution in [2.75, 3.05) is 6.54 Å². The number of rotatable bonds is 3. The zero-order valence-corrected chi connectivity index (χ0v) is 9.58. The van der Waals surface area contributed by atoms with Crippen LogP contribution in [0.5, 0.6) is 0 Å². The molecular formula is C13H19N3. The van der Waals surface area contributed by atoms with Gasteiger partial charge in [0.25, 0.3) is 0 Å². The summed E-state index contributed by atoms with van der Waals surface area (Å²) in [5, 5.41) is 11.3. The molecule has 86 valence electrons.